The molecule has 1 aromatic carbocycles. The third-order valence-electron chi connectivity index (χ3n) is 2.22. The molecule has 0 saturated carbocycles. The first kappa shape index (κ1) is 12.7. The fourth-order valence-corrected chi connectivity index (χ4v) is 2.04. The molecule has 18 heavy (non-hydrogen) atoms. The van der Waals surface area contributed by atoms with Gasteiger partial charge in [-0.05, 0) is 5.56 Å². The van der Waals surface area contributed by atoms with E-state index in [0.717, 1.165) is 6.26 Å². The van der Waals surface area contributed by atoms with Crippen LogP contribution in [0.5, 0.6) is 0 Å². The number of nitrogens with zero attached hydrogens (tertiary/aromatic N) is 2. The molecule has 1 N–H and O–H groups in total. The molecule has 0 fully saturated rings. The largest absolute Gasteiger partial charge is 0.378 e. The number of hydrogen-bond donors (Lipinski definition) is 1. The maximum Gasteiger partial charge on any atom is 0.260 e. The zero-order valence-electron chi connectivity index (χ0n) is 9.65. The van der Waals surface area contributed by atoms with Crippen LogP contribution in [-0.4, -0.2) is 29.9 Å². The Hall–Kier alpha value is -1.73. The molecule has 1 heterocycles. The van der Waals surface area contributed by atoms with E-state index in [1.807, 2.05) is 6.07 Å². The first-order chi connectivity index (χ1) is 8.46. The summed E-state index contributed by atoms with van der Waals surface area (Å²) in [7, 11) is -3.22. The molecular formula is C11H12N2O4S. The van der Waals surface area contributed by atoms with Crippen LogP contribution in [-0.2, 0) is 15.6 Å². The molecular weight excluding hydrogens is 256 g/mol. The van der Waals surface area contributed by atoms with Gasteiger partial charge in [-0.25, -0.2) is 8.42 Å². The van der Waals surface area contributed by atoms with Crippen molar-refractivity contribution in [2.24, 2.45) is 0 Å². The van der Waals surface area contributed by atoms with Gasteiger partial charge in [0, 0.05) is 6.26 Å². The summed E-state index contributed by atoms with van der Waals surface area (Å²) in [5, 5.41) is 13.5. The van der Waals surface area contributed by atoms with Gasteiger partial charge in [0.15, 0.2) is 21.8 Å². The summed E-state index contributed by atoms with van der Waals surface area (Å²) in [6.07, 6.45) is 0.0310. The number of sulfone groups is 1. The smallest absolute Gasteiger partial charge is 0.260 e. The summed E-state index contributed by atoms with van der Waals surface area (Å²) >= 11 is 0. The van der Waals surface area contributed by atoms with Crippen molar-refractivity contribution in [2.75, 3.05) is 6.26 Å². The van der Waals surface area contributed by atoms with Crippen molar-refractivity contribution in [1.82, 2.24) is 10.1 Å². The summed E-state index contributed by atoms with van der Waals surface area (Å²) in [6, 6.07) is 8.79. The number of benzene rings is 1. The Morgan fingerprint density at radius 3 is 2.61 bits per heavy atom. The second-order valence-corrected chi connectivity index (χ2v) is 6.07. The molecule has 0 aliphatic heterocycles. The molecule has 0 radical (unpaired) electrons. The standard InChI is InChI=1S/C11H12N2O4S/c1-18(15,16)7-9-12-11(17-13-9)10(14)8-5-3-2-4-6-8/h2-6,10,14H,7H2,1H3. The van der Waals surface area contributed by atoms with Crippen molar-refractivity contribution < 1.29 is 18.0 Å². The van der Waals surface area contributed by atoms with Gasteiger partial charge < -0.3 is 9.63 Å². The number of aliphatic hydroxyl groups excluding tert-OH is 1. The number of rotatable bonds is 4. The fourth-order valence-electron chi connectivity index (χ4n) is 1.45. The van der Waals surface area contributed by atoms with E-state index in [2.05, 4.69) is 10.1 Å². The Morgan fingerprint density at radius 2 is 2.00 bits per heavy atom. The van der Waals surface area contributed by atoms with Gasteiger partial charge in [0.2, 0.25) is 0 Å². The van der Waals surface area contributed by atoms with Gasteiger partial charge in [0.05, 0.1) is 0 Å². The summed E-state index contributed by atoms with van der Waals surface area (Å²) in [6.45, 7) is 0. The number of hydrogen-bond acceptors (Lipinski definition) is 6. The van der Waals surface area contributed by atoms with Crippen LogP contribution in [0, 0.1) is 0 Å². The van der Waals surface area contributed by atoms with Gasteiger partial charge in [-0.1, -0.05) is 35.5 Å². The van der Waals surface area contributed by atoms with Gasteiger partial charge >= 0.3 is 0 Å². The molecule has 0 spiro atoms. The van der Waals surface area contributed by atoms with Crippen molar-refractivity contribution in [3.8, 4) is 0 Å². The highest BCUT2D eigenvalue weighted by Gasteiger charge is 2.19. The van der Waals surface area contributed by atoms with Crippen molar-refractivity contribution in [3.05, 3.63) is 47.6 Å². The zero-order chi connectivity index (χ0) is 13.2. The maximum atomic E-state index is 11.1. The number of aromatic nitrogens is 2. The van der Waals surface area contributed by atoms with Crippen LogP contribution in [0.15, 0.2) is 34.9 Å². The number of aliphatic hydroxyl groups is 1. The molecule has 1 atom stereocenters. The highest BCUT2D eigenvalue weighted by molar-refractivity contribution is 7.89. The Bertz CT molecular complexity index is 622. The van der Waals surface area contributed by atoms with Crippen LogP contribution in [0.1, 0.15) is 23.4 Å². The van der Waals surface area contributed by atoms with E-state index in [9.17, 15) is 13.5 Å². The van der Waals surface area contributed by atoms with Crippen LogP contribution in [0.2, 0.25) is 0 Å². The predicted molar refractivity (Wildman–Crippen MR) is 63.3 cm³/mol. The van der Waals surface area contributed by atoms with E-state index in [1.54, 1.807) is 24.3 Å². The quantitative estimate of drug-likeness (QED) is 0.877. The Labute approximate surface area is 104 Å². The van der Waals surface area contributed by atoms with Crippen LogP contribution < -0.4 is 0 Å². The molecule has 2 rings (SSSR count). The predicted octanol–water partition coefficient (Wildman–Crippen LogP) is 0.696. The topological polar surface area (TPSA) is 93.3 Å². The lowest BCUT2D eigenvalue weighted by atomic mass is 10.1. The SMILES string of the molecule is CS(=O)(=O)Cc1noc(C(O)c2ccccc2)n1. The van der Waals surface area contributed by atoms with Gasteiger partial charge in [-0.15, -0.1) is 0 Å². The lowest BCUT2D eigenvalue weighted by Gasteiger charge is -2.04. The summed E-state index contributed by atoms with van der Waals surface area (Å²) < 4.78 is 27.0. The second kappa shape index (κ2) is 4.87. The van der Waals surface area contributed by atoms with Crippen molar-refractivity contribution >= 4 is 9.84 Å². The minimum Gasteiger partial charge on any atom is -0.378 e. The van der Waals surface area contributed by atoms with Crippen LogP contribution in [0.4, 0.5) is 0 Å². The van der Waals surface area contributed by atoms with Gasteiger partial charge in [-0.3, -0.25) is 0 Å². The van der Waals surface area contributed by atoms with E-state index in [-0.39, 0.29) is 17.5 Å². The summed E-state index contributed by atoms with van der Waals surface area (Å²) in [5.41, 5.74) is 0.604. The Kier molecular flexibility index (Phi) is 3.44. The molecule has 1 unspecified atom stereocenters. The zero-order valence-corrected chi connectivity index (χ0v) is 10.5. The molecule has 0 saturated heterocycles. The highest BCUT2D eigenvalue weighted by Crippen LogP contribution is 2.19. The van der Waals surface area contributed by atoms with Crippen molar-refractivity contribution in [1.29, 1.82) is 0 Å². The molecule has 7 heteroatoms. The molecule has 0 bridgehead atoms. The minimum absolute atomic E-state index is 0.0140. The van der Waals surface area contributed by atoms with Crippen LogP contribution in [0.25, 0.3) is 0 Å². The van der Waals surface area contributed by atoms with E-state index in [1.165, 1.54) is 0 Å². The molecule has 0 amide bonds. The second-order valence-electron chi connectivity index (χ2n) is 3.93. The van der Waals surface area contributed by atoms with E-state index in [0.29, 0.717) is 5.56 Å². The van der Waals surface area contributed by atoms with E-state index >= 15 is 0 Å². The Morgan fingerprint density at radius 1 is 1.33 bits per heavy atom. The molecule has 0 aliphatic carbocycles. The van der Waals surface area contributed by atoms with Gasteiger partial charge in [0.25, 0.3) is 5.89 Å². The van der Waals surface area contributed by atoms with Gasteiger partial charge in [0.1, 0.15) is 5.75 Å². The Balaban J connectivity index is 2.20. The first-order valence-corrected chi connectivity index (χ1v) is 7.25. The van der Waals surface area contributed by atoms with E-state index < -0.39 is 15.9 Å². The first-order valence-electron chi connectivity index (χ1n) is 5.19. The molecule has 6 nitrogen and oxygen atoms in total. The fraction of sp³-hybridized carbons (Fsp3) is 0.273. The van der Waals surface area contributed by atoms with Crippen molar-refractivity contribution in [3.63, 3.8) is 0 Å². The molecule has 0 aliphatic rings. The normalized spacial score (nSPS) is 13.4. The molecule has 1 aromatic heterocycles. The lowest BCUT2D eigenvalue weighted by molar-refractivity contribution is 0.170. The average molecular weight is 268 g/mol. The highest BCUT2D eigenvalue weighted by atomic mass is 32.2. The van der Waals surface area contributed by atoms with Gasteiger partial charge in [-0.2, -0.15) is 4.98 Å². The van der Waals surface area contributed by atoms with Crippen molar-refractivity contribution in [2.45, 2.75) is 11.9 Å². The minimum atomic E-state index is -3.22. The van der Waals surface area contributed by atoms with E-state index in [4.69, 9.17) is 4.52 Å². The average Bonchev–Trinajstić information content (AvgIpc) is 2.75. The molecule has 96 valence electrons. The van der Waals surface area contributed by atoms with Crippen LogP contribution >= 0.6 is 0 Å². The third-order valence-corrected chi connectivity index (χ3v) is 3.01. The monoisotopic (exact) mass is 268 g/mol. The van der Waals surface area contributed by atoms with Crippen LogP contribution in [0.3, 0.4) is 0 Å². The maximum absolute atomic E-state index is 11.1. The summed E-state index contributed by atoms with van der Waals surface area (Å²) in [4.78, 5) is 3.86. The lowest BCUT2D eigenvalue weighted by Crippen LogP contribution is -2.03. The molecule has 2 aromatic rings. The third kappa shape index (κ3) is 3.14. The summed E-state index contributed by atoms with van der Waals surface area (Å²) in [5.74, 6) is -0.278.